The van der Waals surface area contributed by atoms with Gasteiger partial charge in [-0.2, -0.15) is 0 Å². The van der Waals surface area contributed by atoms with E-state index in [2.05, 4.69) is 62.4 Å². The summed E-state index contributed by atoms with van der Waals surface area (Å²) >= 11 is 6.48. The molecule has 2 aromatic rings. The minimum Gasteiger partial charge on any atom is -0.113 e. The van der Waals surface area contributed by atoms with E-state index in [0.29, 0.717) is 0 Å². The van der Waals surface area contributed by atoms with E-state index in [4.69, 9.17) is 11.6 Å². The zero-order valence-electron chi connectivity index (χ0n) is 9.57. The second-order valence-corrected chi connectivity index (χ2v) is 4.63. The number of halogens is 1. The van der Waals surface area contributed by atoms with Crippen LogP contribution in [0.5, 0.6) is 0 Å². The third-order valence-corrected chi connectivity index (χ3v) is 3.17. The fourth-order valence-electron chi connectivity index (χ4n) is 1.85. The second kappa shape index (κ2) is 4.71. The number of hydrogen-bond donors (Lipinski definition) is 0. The third-order valence-electron chi connectivity index (χ3n) is 2.67. The normalized spacial score (nSPS) is 10.8. The van der Waals surface area contributed by atoms with Gasteiger partial charge in [0.25, 0.3) is 0 Å². The van der Waals surface area contributed by atoms with Crippen molar-refractivity contribution in [3.05, 3.63) is 70.8 Å². The highest BCUT2D eigenvalue weighted by molar-refractivity contribution is 6.22. The summed E-state index contributed by atoms with van der Waals surface area (Å²) in [5, 5.41) is -0.0557. The van der Waals surface area contributed by atoms with Crippen LogP contribution in [0.3, 0.4) is 0 Å². The average molecular weight is 231 g/mol. The quantitative estimate of drug-likeness (QED) is 0.660. The number of rotatable bonds is 2. The molecule has 0 atom stereocenters. The predicted molar refractivity (Wildman–Crippen MR) is 70.1 cm³/mol. The van der Waals surface area contributed by atoms with E-state index in [1.54, 1.807) is 0 Å². The molecule has 2 aromatic carbocycles. The van der Waals surface area contributed by atoms with Crippen LogP contribution in [0.15, 0.2) is 48.5 Å². The van der Waals surface area contributed by atoms with Crippen molar-refractivity contribution in [2.75, 3.05) is 0 Å². The third kappa shape index (κ3) is 2.45. The standard InChI is InChI=1S/C15H15Cl/c1-11-5-3-7-13(9-11)15(16)14-8-4-6-12(2)10-14/h3-10,15H,1-2H3. The lowest BCUT2D eigenvalue weighted by molar-refractivity contribution is 1.12. The maximum Gasteiger partial charge on any atom is 0.0835 e. The Hall–Kier alpha value is -1.27. The molecule has 0 unspecified atom stereocenters. The molecule has 0 heterocycles. The molecule has 2 rings (SSSR count). The summed E-state index contributed by atoms with van der Waals surface area (Å²) in [5.41, 5.74) is 4.81. The van der Waals surface area contributed by atoms with Crippen molar-refractivity contribution in [1.29, 1.82) is 0 Å². The van der Waals surface area contributed by atoms with Crippen LogP contribution in [0.2, 0.25) is 0 Å². The number of aryl methyl sites for hydroxylation is 2. The summed E-state index contributed by atoms with van der Waals surface area (Å²) < 4.78 is 0. The van der Waals surface area contributed by atoms with Crippen LogP contribution in [-0.4, -0.2) is 0 Å². The van der Waals surface area contributed by atoms with Crippen molar-refractivity contribution in [1.82, 2.24) is 0 Å². The van der Waals surface area contributed by atoms with Crippen LogP contribution in [0, 0.1) is 13.8 Å². The van der Waals surface area contributed by atoms with Gasteiger partial charge in [-0.25, -0.2) is 0 Å². The van der Waals surface area contributed by atoms with Crippen molar-refractivity contribution in [2.45, 2.75) is 19.2 Å². The van der Waals surface area contributed by atoms with Gasteiger partial charge in [-0.1, -0.05) is 59.7 Å². The molecular weight excluding hydrogens is 216 g/mol. The van der Waals surface area contributed by atoms with E-state index >= 15 is 0 Å². The molecule has 0 radical (unpaired) electrons. The highest BCUT2D eigenvalue weighted by atomic mass is 35.5. The Labute approximate surface area is 102 Å². The molecule has 82 valence electrons. The Morgan fingerprint density at radius 1 is 0.812 bits per heavy atom. The van der Waals surface area contributed by atoms with Crippen molar-refractivity contribution >= 4 is 11.6 Å². The van der Waals surface area contributed by atoms with Gasteiger partial charge in [0.15, 0.2) is 0 Å². The monoisotopic (exact) mass is 230 g/mol. The maximum absolute atomic E-state index is 6.48. The van der Waals surface area contributed by atoms with Gasteiger partial charge in [-0.3, -0.25) is 0 Å². The largest absolute Gasteiger partial charge is 0.113 e. The van der Waals surface area contributed by atoms with Gasteiger partial charge in [0, 0.05) is 0 Å². The van der Waals surface area contributed by atoms with Crippen LogP contribution >= 0.6 is 11.6 Å². The highest BCUT2D eigenvalue weighted by Crippen LogP contribution is 2.29. The molecular formula is C15H15Cl. The predicted octanol–water partition coefficient (Wildman–Crippen LogP) is 4.63. The Morgan fingerprint density at radius 2 is 1.25 bits per heavy atom. The van der Waals surface area contributed by atoms with E-state index in [9.17, 15) is 0 Å². The van der Waals surface area contributed by atoms with Crippen molar-refractivity contribution < 1.29 is 0 Å². The summed E-state index contributed by atoms with van der Waals surface area (Å²) in [6.45, 7) is 4.17. The summed E-state index contributed by atoms with van der Waals surface area (Å²) in [6, 6.07) is 16.7. The molecule has 0 aromatic heterocycles. The van der Waals surface area contributed by atoms with Crippen LogP contribution < -0.4 is 0 Å². The zero-order chi connectivity index (χ0) is 11.5. The lowest BCUT2D eigenvalue weighted by Crippen LogP contribution is -1.94. The van der Waals surface area contributed by atoms with Crippen LogP contribution in [0.25, 0.3) is 0 Å². The topological polar surface area (TPSA) is 0 Å². The molecule has 0 bridgehead atoms. The van der Waals surface area contributed by atoms with Gasteiger partial charge in [-0.05, 0) is 25.0 Å². The number of benzene rings is 2. The Bertz CT molecular complexity index is 443. The Balaban J connectivity index is 2.35. The molecule has 0 saturated heterocycles. The van der Waals surface area contributed by atoms with Gasteiger partial charge >= 0.3 is 0 Å². The first kappa shape index (κ1) is 11.2. The maximum atomic E-state index is 6.48. The van der Waals surface area contributed by atoms with E-state index < -0.39 is 0 Å². The first-order chi connectivity index (χ1) is 7.66. The Kier molecular flexibility index (Phi) is 3.31. The van der Waals surface area contributed by atoms with Gasteiger partial charge in [-0.15, -0.1) is 11.6 Å². The zero-order valence-corrected chi connectivity index (χ0v) is 10.3. The number of hydrogen-bond acceptors (Lipinski definition) is 0. The van der Waals surface area contributed by atoms with Crippen LogP contribution in [0.1, 0.15) is 27.6 Å². The van der Waals surface area contributed by atoms with E-state index in [0.717, 1.165) is 11.1 Å². The van der Waals surface area contributed by atoms with Crippen molar-refractivity contribution in [3.8, 4) is 0 Å². The first-order valence-electron chi connectivity index (χ1n) is 5.44. The van der Waals surface area contributed by atoms with Gasteiger partial charge in [0.1, 0.15) is 0 Å². The molecule has 0 nitrogen and oxygen atoms in total. The molecule has 0 aliphatic heterocycles. The molecule has 0 amide bonds. The molecule has 0 aliphatic carbocycles. The molecule has 1 heteroatoms. The van der Waals surface area contributed by atoms with Crippen molar-refractivity contribution in [2.24, 2.45) is 0 Å². The highest BCUT2D eigenvalue weighted by Gasteiger charge is 2.10. The lowest BCUT2D eigenvalue weighted by Gasteiger charge is -2.11. The summed E-state index contributed by atoms with van der Waals surface area (Å²) in [7, 11) is 0. The minimum atomic E-state index is -0.0557. The van der Waals surface area contributed by atoms with Crippen molar-refractivity contribution in [3.63, 3.8) is 0 Å². The smallest absolute Gasteiger partial charge is 0.0835 e. The van der Waals surface area contributed by atoms with Gasteiger partial charge < -0.3 is 0 Å². The van der Waals surface area contributed by atoms with Gasteiger partial charge in [0.05, 0.1) is 5.38 Å². The van der Waals surface area contributed by atoms with Crippen LogP contribution in [0.4, 0.5) is 0 Å². The average Bonchev–Trinajstić information content (AvgIpc) is 2.28. The molecule has 16 heavy (non-hydrogen) atoms. The summed E-state index contributed by atoms with van der Waals surface area (Å²) in [5.74, 6) is 0. The Morgan fingerprint density at radius 3 is 1.62 bits per heavy atom. The molecule has 0 aliphatic rings. The fourth-order valence-corrected chi connectivity index (χ4v) is 2.12. The van der Waals surface area contributed by atoms with Crippen LogP contribution in [-0.2, 0) is 0 Å². The summed E-state index contributed by atoms with van der Waals surface area (Å²) in [6.07, 6.45) is 0. The summed E-state index contributed by atoms with van der Waals surface area (Å²) in [4.78, 5) is 0. The SMILES string of the molecule is Cc1cccc(C(Cl)c2cccc(C)c2)c1. The molecule has 0 fully saturated rings. The molecule has 0 saturated carbocycles. The van der Waals surface area contributed by atoms with E-state index in [1.807, 2.05) is 0 Å². The van der Waals surface area contributed by atoms with Gasteiger partial charge in [0.2, 0.25) is 0 Å². The van der Waals surface area contributed by atoms with E-state index in [-0.39, 0.29) is 5.38 Å². The molecule has 0 N–H and O–H groups in total. The first-order valence-corrected chi connectivity index (χ1v) is 5.87. The minimum absolute atomic E-state index is 0.0557. The lowest BCUT2D eigenvalue weighted by atomic mass is 10.0. The van der Waals surface area contributed by atoms with E-state index in [1.165, 1.54) is 11.1 Å². The number of alkyl halides is 1. The fraction of sp³-hybridized carbons (Fsp3) is 0.200. The molecule has 0 spiro atoms. The second-order valence-electron chi connectivity index (χ2n) is 4.19.